The minimum atomic E-state index is -0.401. The zero-order valence-electron chi connectivity index (χ0n) is 25.0. The maximum atomic E-state index is 13.8. The molecule has 3 amide bonds. The van der Waals surface area contributed by atoms with Gasteiger partial charge >= 0.3 is 6.03 Å². The summed E-state index contributed by atoms with van der Waals surface area (Å²) >= 11 is 0. The van der Waals surface area contributed by atoms with Gasteiger partial charge in [-0.15, -0.1) is 0 Å². The summed E-state index contributed by atoms with van der Waals surface area (Å²) in [7, 11) is 2.16. The maximum absolute atomic E-state index is 13.8. The molecule has 0 spiro atoms. The highest BCUT2D eigenvalue weighted by Crippen LogP contribution is 2.32. The fraction of sp³-hybridized carbons (Fsp3) is 0.471. The van der Waals surface area contributed by atoms with E-state index in [1.54, 1.807) is 23.1 Å². The highest BCUT2D eigenvalue weighted by Gasteiger charge is 2.34. The van der Waals surface area contributed by atoms with Crippen LogP contribution in [0.2, 0.25) is 0 Å². The van der Waals surface area contributed by atoms with Crippen molar-refractivity contribution in [1.82, 2.24) is 9.80 Å². The van der Waals surface area contributed by atoms with Gasteiger partial charge in [-0.3, -0.25) is 4.79 Å². The fourth-order valence-corrected chi connectivity index (χ4v) is 6.33. The van der Waals surface area contributed by atoms with Gasteiger partial charge in [0.1, 0.15) is 11.9 Å². The number of aliphatic hydroxyl groups is 1. The van der Waals surface area contributed by atoms with E-state index in [1.807, 2.05) is 49.4 Å². The minimum absolute atomic E-state index is 0.0641. The largest absolute Gasteiger partial charge is 0.488 e. The van der Waals surface area contributed by atoms with Crippen molar-refractivity contribution in [1.29, 1.82) is 0 Å². The third kappa shape index (κ3) is 7.05. The van der Waals surface area contributed by atoms with Crippen LogP contribution in [0.1, 0.15) is 56.3 Å². The van der Waals surface area contributed by atoms with Gasteiger partial charge in [-0.25, -0.2) is 4.79 Å². The third-order valence-electron chi connectivity index (χ3n) is 8.75. The number of rotatable bonds is 8. The fourth-order valence-electron chi connectivity index (χ4n) is 6.33. The van der Waals surface area contributed by atoms with Crippen LogP contribution in [0.3, 0.4) is 0 Å². The molecule has 1 aliphatic carbocycles. The maximum Gasteiger partial charge on any atom is 0.323 e. The molecule has 42 heavy (non-hydrogen) atoms. The number of hydrogen-bond acceptors (Lipinski definition) is 5. The molecule has 8 nitrogen and oxygen atoms in total. The lowest BCUT2D eigenvalue weighted by molar-refractivity contribution is 0.0330. The Labute approximate surface area is 249 Å². The number of benzene rings is 3. The number of carbonyl (C=O) groups excluding carboxylic acids is 2. The molecule has 1 fully saturated rings. The van der Waals surface area contributed by atoms with E-state index in [9.17, 15) is 14.7 Å². The van der Waals surface area contributed by atoms with E-state index in [0.29, 0.717) is 29.2 Å². The van der Waals surface area contributed by atoms with Gasteiger partial charge in [-0.05, 0) is 62.4 Å². The van der Waals surface area contributed by atoms with Crippen molar-refractivity contribution in [3.63, 3.8) is 0 Å². The summed E-state index contributed by atoms with van der Waals surface area (Å²) in [4.78, 5) is 30.9. The van der Waals surface area contributed by atoms with Gasteiger partial charge in [-0.2, -0.15) is 0 Å². The number of amides is 3. The third-order valence-corrected chi connectivity index (χ3v) is 8.75. The zero-order valence-corrected chi connectivity index (χ0v) is 25.0. The number of urea groups is 1. The summed E-state index contributed by atoms with van der Waals surface area (Å²) in [6.07, 6.45) is 6.41. The average Bonchev–Trinajstić information content (AvgIpc) is 2.99. The Hall–Kier alpha value is -3.62. The van der Waals surface area contributed by atoms with Gasteiger partial charge in [-0.1, -0.05) is 62.6 Å². The van der Waals surface area contributed by atoms with Crippen LogP contribution >= 0.6 is 0 Å². The number of likely N-dealkylation sites (N-methyl/N-ethyl adjacent to an activating group) is 1. The van der Waals surface area contributed by atoms with E-state index < -0.39 is 6.03 Å². The number of aliphatic hydroxyl groups excluding tert-OH is 1. The van der Waals surface area contributed by atoms with Crippen molar-refractivity contribution < 1.29 is 19.4 Å². The molecule has 0 radical (unpaired) electrons. The summed E-state index contributed by atoms with van der Waals surface area (Å²) in [6.45, 7) is 6.11. The van der Waals surface area contributed by atoms with Gasteiger partial charge in [0, 0.05) is 36.6 Å². The Balaban J connectivity index is 1.35. The SMILES string of the molecule is C[C@H](CO)N1C[C@H](C)[C@H](CN(C)CC2CCCCC2)Oc2ccc(NC(=O)Nc3cccc4ccccc34)cc2C1=O. The molecule has 1 heterocycles. The van der Waals surface area contributed by atoms with E-state index in [1.165, 1.54) is 32.1 Å². The summed E-state index contributed by atoms with van der Waals surface area (Å²) in [6, 6.07) is 18.1. The van der Waals surface area contributed by atoms with Crippen LogP contribution in [0.25, 0.3) is 10.8 Å². The Kier molecular flexibility index (Phi) is 9.65. The normalized spacial score (nSPS) is 20.4. The Morgan fingerprint density at radius 3 is 2.60 bits per heavy atom. The van der Waals surface area contributed by atoms with Gasteiger partial charge in [0.25, 0.3) is 5.91 Å². The Morgan fingerprint density at radius 2 is 1.81 bits per heavy atom. The first-order valence-electron chi connectivity index (χ1n) is 15.3. The van der Waals surface area contributed by atoms with Crippen LogP contribution in [0.5, 0.6) is 5.75 Å². The quantitative estimate of drug-likeness (QED) is 0.298. The molecule has 0 unspecified atom stereocenters. The first-order valence-corrected chi connectivity index (χ1v) is 15.3. The van der Waals surface area contributed by atoms with Gasteiger partial charge in [0.05, 0.1) is 23.9 Å². The summed E-state index contributed by atoms with van der Waals surface area (Å²) < 4.78 is 6.56. The van der Waals surface area contributed by atoms with Crippen molar-refractivity contribution in [2.75, 3.05) is 43.9 Å². The predicted molar refractivity (Wildman–Crippen MR) is 168 cm³/mol. The van der Waals surface area contributed by atoms with Crippen molar-refractivity contribution in [2.45, 2.75) is 58.1 Å². The molecule has 3 aromatic carbocycles. The highest BCUT2D eigenvalue weighted by atomic mass is 16.5. The molecule has 224 valence electrons. The van der Waals surface area contributed by atoms with Crippen molar-refractivity contribution >= 4 is 34.1 Å². The molecule has 1 saturated carbocycles. The van der Waals surface area contributed by atoms with Crippen LogP contribution < -0.4 is 15.4 Å². The molecule has 0 bridgehead atoms. The lowest BCUT2D eigenvalue weighted by atomic mass is 9.89. The Morgan fingerprint density at radius 1 is 1.05 bits per heavy atom. The standard InChI is InChI=1S/C34H44N4O4/c1-23-19-38(24(2)22-39)33(40)29-18-27(35-34(41)36-30-15-9-13-26-12-7-8-14-28(26)30)16-17-31(29)42-32(23)21-37(3)20-25-10-5-4-6-11-25/h7-9,12-18,23-25,32,39H,4-6,10-11,19-22H2,1-3H3,(H2,35,36,41)/t23-,24+,32-/m0/s1. The number of ether oxygens (including phenoxy) is 1. The number of nitrogens with zero attached hydrogens (tertiary/aromatic N) is 2. The van der Waals surface area contributed by atoms with Crippen LogP contribution in [-0.4, -0.2) is 72.3 Å². The molecule has 1 aliphatic heterocycles. The number of anilines is 2. The van der Waals surface area contributed by atoms with Gasteiger partial charge < -0.3 is 30.3 Å². The van der Waals surface area contributed by atoms with Crippen LogP contribution in [0, 0.1) is 11.8 Å². The number of carbonyl (C=O) groups is 2. The molecule has 8 heteroatoms. The van der Waals surface area contributed by atoms with Crippen molar-refractivity contribution in [3.8, 4) is 5.75 Å². The molecular formula is C34H44N4O4. The van der Waals surface area contributed by atoms with E-state index >= 15 is 0 Å². The van der Waals surface area contributed by atoms with Crippen molar-refractivity contribution in [3.05, 3.63) is 66.2 Å². The van der Waals surface area contributed by atoms with Crippen molar-refractivity contribution in [2.24, 2.45) is 11.8 Å². The lowest BCUT2D eigenvalue weighted by Crippen LogP contribution is -2.50. The zero-order chi connectivity index (χ0) is 29.6. The molecule has 0 saturated heterocycles. The van der Waals surface area contributed by atoms with Crippen LogP contribution in [-0.2, 0) is 0 Å². The first-order chi connectivity index (χ1) is 20.3. The molecule has 3 N–H and O–H groups in total. The second-order valence-corrected chi connectivity index (χ2v) is 12.2. The summed E-state index contributed by atoms with van der Waals surface area (Å²) in [5.74, 6) is 1.07. The molecule has 3 aromatic rings. The topological polar surface area (TPSA) is 94.1 Å². The number of nitrogens with one attached hydrogen (secondary N) is 2. The van der Waals surface area contributed by atoms with E-state index in [4.69, 9.17) is 4.74 Å². The van der Waals surface area contributed by atoms with Crippen LogP contribution in [0.15, 0.2) is 60.7 Å². The number of hydrogen-bond donors (Lipinski definition) is 3. The second-order valence-electron chi connectivity index (χ2n) is 12.2. The number of fused-ring (bicyclic) bond motifs is 2. The van der Waals surface area contributed by atoms with E-state index in [0.717, 1.165) is 29.8 Å². The summed E-state index contributed by atoms with van der Waals surface area (Å²) in [5.41, 5.74) is 1.57. The predicted octanol–water partition coefficient (Wildman–Crippen LogP) is 6.22. The second kappa shape index (κ2) is 13.6. The van der Waals surface area contributed by atoms with Gasteiger partial charge in [0.2, 0.25) is 0 Å². The molecule has 0 aromatic heterocycles. The molecule has 3 atom stereocenters. The van der Waals surface area contributed by atoms with E-state index in [2.05, 4.69) is 29.5 Å². The monoisotopic (exact) mass is 572 g/mol. The highest BCUT2D eigenvalue weighted by molar-refractivity contribution is 6.07. The summed E-state index contributed by atoms with van der Waals surface area (Å²) in [5, 5.41) is 17.8. The molecule has 5 rings (SSSR count). The minimum Gasteiger partial charge on any atom is -0.488 e. The van der Waals surface area contributed by atoms with Gasteiger partial charge in [0.15, 0.2) is 0 Å². The van der Waals surface area contributed by atoms with E-state index in [-0.39, 0.29) is 30.6 Å². The van der Waals surface area contributed by atoms with Crippen LogP contribution in [0.4, 0.5) is 16.2 Å². The molecular weight excluding hydrogens is 528 g/mol. The smallest absolute Gasteiger partial charge is 0.323 e. The lowest BCUT2D eigenvalue weighted by Gasteiger charge is -2.38. The molecule has 2 aliphatic rings. The average molecular weight is 573 g/mol. The Bertz CT molecular complexity index is 1380. The first kappa shape index (κ1) is 29.9.